The Bertz CT molecular complexity index is 822. The molecular formula is C13H14N4O5. The van der Waals surface area contributed by atoms with Crippen molar-refractivity contribution in [3.8, 4) is 6.07 Å². The first-order valence-electron chi connectivity index (χ1n) is 6.56. The highest BCUT2D eigenvalue weighted by atomic mass is 16.6. The predicted octanol–water partition coefficient (Wildman–Crippen LogP) is -1.40. The normalized spacial score (nSPS) is 31.5. The molecule has 1 aliphatic heterocycles. The number of fused-ring (bicyclic) bond motifs is 1. The van der Waals surface area contributed by atoms with Crippen LogP contribution in [0.1, 0.15) is 18.7 Å². The van der Waals surface area contributed by atoms with Gasteiger partial charge in [0.1, 0.15) is 29.3 Å². The number of aliphatic hydroxyl groups is 3. The number of aliphatic hydroxyl groups excluding tert-OH is 3. The first kappa shape index (κ1) is 14.7. The van der Waals surface area contributed by atoms with Crippen LogP contribution in [-0.2, 0) is 4.74 Å². The van der Waals surface area contributed by atoms with Crippen molar-refractivity contribution < 1.29 is 20.1 Å². The Hall–Kier alpha value is -2.25. The van der Waals surface area contributed by atoms with Gasteiger partial charge in [-0.15, -0.1) is 0 Å². The van der Waals surface area contributed by atoms with Gasteiger partial charge in [0.05, 0.1) is 18.5 Å². The molecule has 1 aliphatic rings. The van der Waals surface area contributed by atoms with Crippen LogP contribution in [0.3, 0.4) is 0 Å². The summed E-state index contributed by atoms with van der Waals surface area (Å²) in [6.07, 6.45) is -1.25. The Morgan fingerprint density at radius 3 is 2.91 bits per heavy atom. The van der Waals surface area contributed by atoms with Crippen molar-refractivity contribution in [2.24, 2.45) is 0 Å². The summed E-state index contributed by atoms with van der Waals surface area (Å²) in [5.41, 5.74) is -1.61. The average molecular weight is 306 g/mol. The monoisotopic (exact) mass is 306 g/mol. The second kappa shape index (κ2) is 4.89. The molecule has 2 aromatic heterocycles. The number of hydrogen-bond donors (Lipinski definition) is 4. The fraction of sp³-hybridized carbons (Fsp3) is 0.462. The third kappa shape index (κ3) is 1.86. The molecule has 4 atom stereocenters. The van der Waals surface area contributed by atoms with E-state index in [2.05, 4.69) is 9.97 Å². The van der Waals surface area contributed by atoms with Crippen LogP contribution < -0.4 is 5.56 Å². The number of nitrogens with one attached hydrogen (secondary N) is 1. The van der Waals surface area contributed by atoms with Gasteiger partial charge in [0.2, 0.25) is 0 Å². The zero-order valence-electron chi connectivity index (χ0n) is 11.6. The SMILES string of the molecule is C[C@]1(CO)O[C@@H](n2cc(C#N)c3c(=O)[nH]cnc32)[C@H](O)[C@@H]1O. The zero-order chi connectivity index (χ0) is 16.1. The summed E-state index contributed by atoms with van der Waals surface area (Å²) >= 11 is 0. The van der Waals surface area contributed by atoms with E-state index in [9.17, 15) is 20.1 Å². The molecule has 9 nitrogen and oxygen atoms in total. The molecule has 1 saturated heterocycles. The van der Waals surface area contributed by atoms with Gasteiger partial charge in [-0.3, -0.25) is 4.79 Å². The molecule has 22 heavy (non-hydrogen) atoms. The minimum absolute atomic E-state index is 0.0761. The van der Waals surface area contributed by atoms with Crippen molar-refractivity contribution in [2.75, 3.05) is 6.61 Å². The molecule has 3 rings (SSSR count). The van der Waals surface area contributed by atoms with Crippen molar-refractivity contribution >= 4 is 11.0 Å². The Morgan fingerprint density at radius 1 is 1.59 bits per heavy atom. The number of hydrogen-bond acceptors (Lipinski definition) is 7. The zero-order valence-corrected chi connectivity index (χ0v) is 11.6. The average Bonchev–Trinajstić information content (AvgIpc) is 3.00. The highest BCUT2D eigenvalue weighted by Gasteiger charge is 2.52. The molecule has 9 heteroatoms. The van der Waals surface area contributed by atoms with Gasteiger partial charge in [0.15, 0.2) is 11.9 Å². The maximum Gasteiger partial charge on any atom is 0.261 e. The maximum absolute atomic E-state index is 11.9. The number of aromatic amines is 1. The fourth-order valence-corrected chi connectivity index (χ4v) is 2.66. The van der Waals surface area contributed by atoms with Crippen LogP contribution in [0, 0.1) is 11.3 Å². The number of rotatable bonds is 2. The van der Waals surface area contributed by atoms with Crippen molar-refractivity contribution in [2.45, 2.75) is 31.0 Å². The van der Waals surface area contributed by atoms with Gasteiger partial charge in [0, 0.05) is 6.20 Å². The first-order chi connectivity index (χ1) is 10.4. The third-order valence-electron chi connectivity index (χ3n) is 3.96. The molecule has 0 aliphatic carbocycles. The summed E-state index contributed by atoms with van der Waals surface area (Å²) in [5.74, 6) is 0. The quantitative estimate of drug-likeness (QED) is 0.534. The number of ether oxygens (including phenoxy) is 1. The van der Waals surface area contributed by atoms with Crippen LogP contribution in [0.25, 0.3) is 11.0 Å². The second-order valence-corrected chi connectivity index (χ2v) is 5.41. The molecule has 116 valence electrons. The topological polar surface area (TPSA) is 144 Å². The smallest absolute Gasteiger partial charge is 0.261 e. The number of aromatic nitrogens is 3. The van der Waals surface area contributed by atoms with Crippen LogP contribution in [0.5, 0.6) is 0 Å². The molecule has 0 saturated carbocycles. The summed E-state index contributed by atoms with van der Waals surface area (Å²) in [6.45, 7) is 0.956. The largest absolute Gasteiger partial charge is 0.393 e. The van der Waals surface area contributed by atoms with Crippen LogP contribution in [0.15, 0.2) is 17.3 Å². The Labute approximate surface area is 124 Å². The molecule has 0 amide bonds. The van der Waals surface area contributed by atoms with E-state index in [1.165, 1.54) is 24.0 Å². The second-order valence-electron chi connectivity index (χ2n) is 5.41. The lowest BCUT2D eigenvalue weighted by Crippen LogP contribution is -2.43. The van der Waals surface area contributed by atoms with E-state index in [4.69, 9.17) is 10.00 Å². The van der Waals surface area contributed by atoms with E-state index in [0.29, 0.717) is 0 Å². The van der Waals surface area contributed by atoms with E-state index < -0.39 is 36.2 Å². The Morgan fingerprint density at radius 2 is 2.32 bits per heavy atom. The third-order valence-corrected chi connectivity index (χ3v) is 3.96. The minimum atomic E-state index is -1.35. The molecular weight excluding hydrogens is 292 g/mol. The van der Waals surface area contributed by atoms with Crippen molar-refractivity contribution in [1.82, 2.24) is 14.5 Å². The minimum Gasteiger partial charge on any atom is -0.393 e. The maximum atomic E-state index is 11.9. The summed E-state index contributed by atoms with van der Waals surface area (Å²) in [7, 11) is 0. The van der Waals surface area contributed by atoms with E-state index in [1.807, 2.05) is 6.07 Å². The van der Waals surface area contributed by atoms with Gasteiger partial charge >= 0.3 is 0 Å². The summed E-state index contributed by atoms with van der Waals surface area (Å²) in [6, 6.07) is 1.89. The van der Waals surface area contributed by atoms with Crippen LogP contribution in [0.2, 0.25) is 0 Å². The van der Waals surface area contributed by atoms with Gasteiger partial charge in [-0.05, 0) is 6.92 Å². The lowest BCUT2D eigenvalue weighted by molar-refractivity contribution is -0.115. The predicted molar refractivity (Wildman–Crippen MR) is 72.7 cm³/mol. The highest BCUT2D eigenvalue weighted by Crippen LogP contribution is 2.38. The standard InChI is InChI=1S/C13H14N4O5/c1-13(4-18)9(20)8(19)12(22-13)17-3-6(2-14)7-10(17)15-5-16-11(7)21/h3,5,8-9,12,18-20H,4H2,1H3,(H,15,16,21)/t8-,9+,12-,13-/m1/s1. The molecule has 0 unspecified atom stereocenters. The fourth-order valence-electron chi connectivity index (χ4n) is 2.66. The molecule has 0 spiro atoms. The number of nitrogens with zero attached hydrogens (tertiary/aromatic N) is 3. The molecule has 0 radical (unpaired) electrons. The highest BCUT2D eigenvalue weighted by molar-refractivity contribution is 5.82. The van der Waals surface area contributed by atoms with Crippen LogP contribution >= 0.6 is 0 Å². The van der Waals surface area contributed by atoms with E-state index in [0.717, 1.165) is 0 Å². The Kier molecular flexibility index (Phi) is 3.26. The molecule has 3 heterocycles. The molecule has 0 bridgehead atoms. The van der Waals surface area contributed by atoms with E-state index in [-0.39, 0.29) is 16.6 Å². The molecule has 0 aromatic carbocycles. The Balaban J connectivity index is 2.19. The van der Waals surface area contributed by atoms with Gasteiger partial charge in [0.25, 0.3) is 5.56 Å². The molecule has 4 N–H and O–H groups in total. The summed E-state index contributed by atoms with van der Waals surface area (Å²) < 4.78 is 6.88. The van der Waals surface area contributed by atoms with Gasteiger partial charge in [-0.2, -0.15) is 5.26 Å². The first-order valence-corrected chi connectivity index (χ1v) is 6.56. The lowest BCUT2D eigenvalue weighted by Gasteiger charge is -2.24. The van der Waals surface area contributed by atoms with Gasteiger partial charge < -0.3 is 29.6 Å². The van der Waals surface area contributed by atoms with Crippen LogP contribution in [-0.4, -0.2) is 54.3 Å². The lowest BCUT2D eigenvalue weighted by atomic mass is 9.99. The van der Waals surface area contributed by atoms with Crippen molar-refractivity contribution in [3.05, 3.63) is 28.4 Å². The van der Waals surface area contributed by atoms with Gasteiger partial charge in [-0.1, -0.05) is 0 Å². The summed E-state index contributed by atoms with van der Waals surface area (Å²) in [5, 5.41) is 38.8. The molecule has 1 fully saturated rings. The van der Waals surface area contributed by atoms with E-state index in [1.54, 1.807) is 0 Å². The van der Waals surface area contributed by atoms with Crippen molar-refractivity contribution in [3.63, 3.8) is 0 Å². The van der Waals surface area contributed by atoms with Crippen molar-refractivity contribution in [1.29, 1.82) is 5.26 Å². The van der Waals surface area contributed by atoms with Gasteiger partial charge in [-0.25, -0.2) is 4.98 Å². The molecule has 2 aromatic rings. The van der Waals surface area contributed by atoms with E-state index >= 15 is 0 Å². The summed E-state index contributed by atoms with van der Waals surface area (Å²) in [4.78, 5) is 18.2. The van der Waals surface area contributed by atoms with Crippen LogP contribution in [0.4, 0.5) is 0 Å². The number of H-pyrrole nitrogens is 1. The number of nitriles is 1.